The van der Waals surface area contributed by atoms with E-state index in [0.29, 0.717) is 25.1 Å². The van der Waals surface area contributed by atoms with Crippen molar-refractivity contribution in [1.29, 1.82) is 0 Å². The predicted molar refractivity (Wildman–Crippen MR) is 89.5 cm³/mol. The van der Waals surface area contributed by atoms with Crippen LogP contribution in [0.15, 0.2) is 24.3 Å². The van der Waals surface area contributed by atoms with E-state index < -0.39 is 18.7 Å². The summed E-state index contributed by atoms with van der Waals surface area (Å²) in [5, 5.41) is 2.71. The fourth-order valence-electron chi connectivity index (χ4n) is 2.79. The SMILES string of the molecule is CCCC(N)C(=O)NC1CCCN(c2ccc(OC(F)F)cc2)C1=O. The van der Waals surface area contributed by atoms with Gasteiger partial charge in [0.15, 0.2) is 0 Å². The van der Waals surface area contributed by atoms with Crippen LogP contribution in [-0.4, -0.2) is 37.1 Å². The van der Waals surface area contributed by atoms with Gasteiger partial charge in [0.05, 0.1) is 6.04 Å². The minimum absolute atomic E-state index is 0.0265. The minimum Gasteiger partial charge on any atom is -0.435 e. The standard InChI is InChI=1S/C17H23F2N3O3/c1-2-4-13(20)15(23)21-14-5-3-10-22(16(14)24)11-6-8-12(9-7-11)25-17(18)19/h6-9,13-14,17H,2-5,10,20H2,1H3,(H,21,23). The largest absolute Gasteiger partial charge is 0.435 e. The van der Waals surface area contributed by atoms with Gasteiger partial charge in [0.25, 0.3) is 0 Å². The Kier molecular flexibility index (Phi) is 6.69. The van der Waals surface area contributed by atoms with Crippen molar-refractivity contribution in [1.82, 2.24) is 5.32 Å². The van der Waals surface area contributed by atoms with Gasteiger partial charge in [-0.15, -0.1) is 0 Å². The number of alkyl halides is 2. The lowest BCUT2D eigenvalue weighted by Gasteiger charge is -2.33. The molecule has 0 bridgehead atoms. The van der Waals surface area contributed by atoms with E-state index in [2.05, 4.69) is 10.1 Å². The van der Waals surface area contributed by atoms with E-state index in [-0.39, 0.29) is 17.6 Å². The highest BCUT2D eigenvalue weighted by Gasteiger charge is 2.31. The maximum absolute atomic E-state index is 12.6. The first-order valence-corrected chi connectivity index (χ1v) is 8.34. The summed E-state index contributed by atoms with van der Waals surface area (Å²) in [6, 6.07) is 4.60. The second-order valence-corrected chi connectivity index (χ2v) is 5.96. The monoisotopic (exact) mass is 355 g/mol. The Hall–Kier alpha value is -2.22. The summed E-state index contributed by atoms with van der Waals surface area (Å²) in [6.07, 6.45) is 2.61. The molecule has 0 aliphatic carbocycles. The first-order chi connectivity index (χ1) is 11.9. The number of carbonyl (C=O) groups is 2. The smallest absolute Gasteiger partial charge is 0.387 e. The summed E-state index contributed by atoms with van der Waals surface area (Å²) >= 11 is 0. The molecule has 3 N–H and O–H groups in total. The number of hydrogen-bond acceptors (Lipinski definition) is 4. The van der Waals surface area contributed by atoms with Crippen LogP contribution in [0.5, 0.6) is 5.75 Å². The first-order valence-electron chi connectivity index (χ1n) is 8.34. The molecule has 1 aromatic carbocycles. The molecule has 8 heteroatoms. The number of carbonyl (C=O) groups excluding carboxylic acids is 2. The maximum atomic E-state index is 12.6. The Bertz CT molecular complexity index is 595. The first kappa shape index (κ1) is 19.1. The number of nitrogens with zero attached hydrogens (tertiary/aromatic N) is 1. The second-order valence-electron chi connectivity index (χ2n) is 5.96. The number of hydrogen-bond donors (Lipinski definition) is 2. The van der Waals surface area contributed by atoms with E-state index in [1.807, 2.05) is 6.92 Å². The van der Waals surface area contributed by atoms with E-state index in [9.17, 15) is 18.4 Å². The maximum Gasteiger partial charge on any atom is 0.387 e. The van der Waals surface area contributed by atoms with Crippen LogP contribution in [0.4, 0.5) is 14.5 Å². The predicted octanol–water partition coefficient (Wildman–Crippen LogP) is 2.03. The molecule has 1 saturated heterocycles. The third-order valence-electron chi connectivity index (χ3n) is 4.07. The highest BCUT2D eigenvalue weighted by atomic mass is 19.3. The molecule has 0 radical (unpaired) electrons. The Labute approximate surface area is 145 Å². The van der Waals surface area contributed by atoms with Crippen molar-refractivity contribution in [2.75, 3.05) is 11.4 Å². The molecule has 1 aliphatic heterocycles. The average Bonchev–Trinajstić information content (AvgIpc) is 2.57. The summed E-state index contributed by atoms with van der Waals surface area (Å²) in [7, 11) is 0. The summed E-state index contributed by atoms with van der Waals surface area (Å²) in [4.78, 5) is 26.2. The molecule has 0 aromatic heterocycles. The lowest BCUT2D eigenvalue weighted by Crippen LogP contribution is -2.55. The lowest BCUT2D eigenvalue weighted by atomic mass is 10.0. The molecule has 2 unspecified atom stereocenters. The fourth-order valence-corrected chi connectivity index (χ4v) is 2.79. The molecule has 6 nitrogen and oxygen atoms in total. The number of piperidine rings is 1. The van der Waals surface area contributed by atoms with Crippen molar-refractivity contribution in [3.8, 4) is 5.75 Å². The molecular formula is C17H23F2N3O3. The van der Waals surface area contributed by atoms with Gasteiger partial charge in [-0.3, -0.25) is 9.59 Å². The van der Waals surface area contributed by atoms with E-state index in [1.54, 1.807) is 12.1 Å². The Balaban J connectivity index is 2.02. The van der Waals surface area contributed by atoms with Crippen LogP contribution < -0.4 is 20.7 Å². The van der Waals surface area contributed by atoms with Gasteiger partial charge >= 0.3 is 6.61 Å². The number of rotatable bonds is 7. The zero-order valence-corrected chi connectivity index (χ0v) is 14.1. The van der Waals surface area contributed by atoms with Gasteiger partial charge in [-0.25, -0.2) is 0 Å². The number of nitrogens with one attached hydrogen (secondary N) is 1. The molecule has 2 amide bonds. The molecule has 2 rings (SSSR count). The number of benzene rings is 1. The van der Waals surface area contributed by atoms with Crippen molar-refractivity contribution >= 4 is 17.5 Å². The fraction of sp³-hybridized carbons (Fsp3) is 0.529. The van der Waals surface area contributed by atoms with Gasteiger partial charge in [-0.1, -0.05) is 13.3 Å². The second kappa shape index (κ2) is 8.75. The number of amides is 2. The Morgan fingerprint density at radius 1 is 1.40 bits per heavy atom. The average molecular weight is 355 g/mol. The summed E-state index contributed by atoms with van der Waals surface area (Å²) < 4.78 is 28.7. The third kappa shape index (κ3) is 5.12. The molecule has 138 valence electrons. The number of nitrogens with two attached hydrogens (primary N) is 1. The van der Waals surface area contributed by atoms with Crippen LogP contribution in [0.3, 0.4) is 0 Å². The van der Waals surface area contributed by atoms with Crippen LogP contribution >= 0.6 is 0 Å². The van der Waals surface area contributed by atoms with Crippen molar-refractivity contribution in [3.63, 3.8) is 0 Å². The van der Waals surface area contributed by atoms with Crippen LogP contribution in [0.1, 0.15) is 32.6 Å². The molecule has 1 aliphatic rings. The van der Waals surface area contributed by atoms with Crippen LogP contribution in [0, 0.1) is 0 Å². The van der Waals surface area contributed by atoms with Crippen molar-refractivity contribution in [3.05, 3.63) is 24.3 Å². The molecule has 1 fully saturated rings. The van der Waals surface area contributed by atoms with Crippen molar-refractivity contribution in [2.45, 2.75) is 51.3 Å². The summed E-state index contributed by atoms with van der Waals surface area (Å²) in [5.41, 5.74) is 6.35. The molecule has 25 heavy (non-hydrogen) atoms. The Morgan fingerprint density at radius 3 is 2.68 bits per heavy atom. The van der Waals surface area contributed by atoms with Gasteiger partial charge in [-0.05, 0) is 43.5 Å². The van der Waals surface area contributed by atoms with Gasteiger partial charge in [-0.2, -0.15) is 8.78 Å². The number of anilines is 1. The normalized spacial score (nSPS) is 19.0. The highest BCUT2D eigenvalue weighted by molar-refractivity contribution is 6.00. The van der Waals surface area contributed by atoms with E-state index in [0.717, 1.165) is 12.8 Å². The van der Waals surface area contributed by atoms with Crippen LogP contribution in [0.2, 0.25) is 0 Å². The van der Waals surface area contributed by atoms with Crippen molar-refractivity contribution in [2.24, 2.45) is 5.73 Å². The molecule has 2 atom stereocenters. The topological polar surface area (TPSA) is 84.7 Å². The van der Waals surface area contributed by atoms with Gasteiger partial charge in [0, 0.05) is 12.2 Å². The summed E-state index contributed by atoms with van der Waals surface area (Å²) in [6.45, 7) is -0.460. The van der Waals surface area contributed by atoms with Gasteiger partial charge < -0.3 is 20.7 Å². The van der Waals surface area contributed by atoms with Crippen molar-refractivity contribution < 1.29 is 23.1 Å². The summed E-state index contributed by atoms with van der Waals surface area (Å²) in [5.74, 6) is -0.535. The molecule has 0 spiro atoms. The van der Waals surface area contributed by atoms with Crippen LogP contribution in [-0.2, 0) is 9.59 Å². The molecule has 1 aromatic rings. The van der Waals surface area contributed by atoms with Gasteiger partial charge in [0.2, 0.25) is 11.8 Å². The van der Waals surface area contributed by atoms with Gasteiger partial charge in [0.1, 0.15) is 11.8 Å². The van der Waals surface area contributed by atoms with E-state index in [1.165, 1.54) is 17.0 Å². The number of ether oxygens (including phenoxy) is 1. The highest BCUT2D eigenvalue weighted by Crippen LogP contribution is 2.24. The molecular weight excluding hydrogens is 332 g/mol. The third-order valence-corrected chi connectivity index (χ3v) is 4.07. The lowest BCUT2D eigenvalue weighted by molar-refractivity contribution is -0.129. The minimum atomic E-state index is -2.89. The zero-order valence-electron chi connectivity index (χ0n) is 14.1. The molecule has 0 saturated carbocycles. The zero-order chi connectivity index (χ0) is 18.4. The van der Waals surface area contributed by atoms with E-state index in [4.69, 9.17) is 5.73 Å². The van der Waals surface area contributed by atoms with Crippen LogP contribution in [0.25, 0.3) is 0 Å². The Morgan fingerprint density at radius 2 is 2.08 bits per heavy atom. The quantitative estimate of drug-likeness (QED) is 0.784. The number of halogens is 2. The molecule has 1 heterocycles. The van der Waals surface area contributed by atoms with E-state index >= 15 is 0 Å².